The highest BCUT2D eigenvalue weighted by molar-refractivity contribution is 5.98. The van der Waals surface area contributed by atoms with Crippen molar-refractivity contribution in [2.45, 2.75) is 44.6 Å². The largest absolute Gasteiger partial charge is 0.497 e. The molecule has 1 aliphatic carbocycles. The maximum Gasteiger partial charge on any atom is 0.167 e. The van der Waals surface area contributed by atoms with E-state index in [0.29, 0.717) is 11.8 Å². The SMILES string of the molecule is COc1ccc(C(=O)[C@@H]2CCCC[C@@H]2N2CCCC2)cc1. The van der Waals surface area contributed by atoms with Crippen LogP contribution in [0.5, 0.6) is 5.75 Å². The predicted molar refractivity (Wildman–Crippen MR) is 83.9 cm³/mol. The lowest BCUT2D eigenvalue weighted by molar-refractivity contribution is 0.0723. The van der Waals surface area contributed by atoms with E-state index in [1.54, 1.807) is 7.11 Å². The van der Waals surface area contributed by atoms with Crippen LogP contribution in [-0.2, 0) is 0 Å². The number of hydrogen-bond donors (Lipinski definition) is 0. The van der Waals surface area contributed by atoms with E-state index in [1.165, 1.54) is 45.2 Å². The van der Waals surface area contributed by atoms with Gasteiger partial charge in [0, 0.05) is 17.5 Å². The van der Waals surface area contributed by atoms with Gasteiger partial charge in [-0.25, -0.2) is 0 Å². The smallest absolute Gasteiger partial charge is 0.167 e. The lowest BCUT2D eigenvalue weighted by Gasteiger charge is -2.37. The van der Waals surface area contributed by atoms with Crippen molar-refractivity contribution < 1.29 is 9.53 Å². The number of carbonyl (C=O) groups excluding carboxylic acids is 1. The number of likely N-dealkylation sites (tertiary alicyclic amines) is 1. The van der Waals surface area contributed by atoms with Crippen LogP contribution < -0.4 is 4.74 Å². The molecule has 2 atom stereocenters. The Morgan fingerprint density at radius 2 is 1.71 bits per heavy atom. The molecule has 0 N–H and O–H groups in total. The van der Waals surface area contributed by atoms with Crippen LogP contribution in [0.3, 0.4) is 0 Å². The van der Waals surface area contributed by atoms with Crippen LogP contribution in [0.25, 0.3) is 0 Å². The van der Waals surface area contributed by atoms with Gasteiger partial charge in [0.25, 0.3) is 0 Å². The number of carbonyl (C=O) groups is 1. The third-order valence-electron chi connectivity index (χ3n) is 5.05. The van der Waals surface area contributed by atoms with Crippen LogP contribution in [-0.4, -0.2) is 36.9 Å². The highest BCUT2D eigenvalue weighted by atomic mass is 16.5. The van der Waals surface area contributed by atoms with Crippen molar-refractivity contribution in [2.75, 3.05) is 20.2 Å². The molecule has 3 rings (SSSR count). The first-order chi connectivity index (χ1) is 10.3. The summed E-state index contributed by atoms with van der Waals surface area (Å²) in [6.07, 6.45) is 7.28. The minimum Gasteiger partial charge on any atom is -0.497 e. The predicted octanol–water partition coefficient (Wildman–Crippen LogP) is 3.53. The van der Waals surface area contributed by atoms with E-state index in [2.05, 4.69) is 4.90 Å². The summed E-state index contributed by atoms with van der Waals surface area (Å²) in [6, 6.07) is 8.07. The number of Topliss-reactive ketones (excluding diaryl/α,β-unsaturated/α-hetero) is 1. The average molecular weight is 287 g/mol. The van der Waals surface area contributed by atoms with Crippen molar-refractivity contribution in [3.8, 4) is 5.75 Å². The Morgan fingerprint density at radius 3 is 2.38 bits per heavy atom. The van der Waals surface area contributed by atoms with Gasteiger partial charge in [-0.1, -0.05) is 12.8 Å². The molecule has 1 heterocycles. The molecule has 1 saturated carbocycles. The summed E-state index contributed by atoms with van der Waals surface area (Å²) in [5.74, 6) is 1.32. The van der Waals surface area contributed by atoms with Crippen LogP contribution in [0.15, 0.2) is 24.3 Å². The zero-order valence-corrected chi connectivity index (χ0v) is 12.9. The molecule has 0 spiro atoms. The van der Waals surface area contributed by atoms with Crippen molar-refractivity contribution in [1.82, 2.24) is 4.90 Å². The number of ether oxygens (including phenoxy) is 1. The molecular weight excluding hydrogens is 262 g/mol. The van der Waals surface area contributed by atoms with Crippen LogP contribution in [0, 0.1) is 5.92 Å². The molecule has 1 aliphatic heterocycles. The van der Waals surface area contributed by atoms with Gasteiger partial charge in [-0.05, 0) is 63.0 Å². The summed E-state index contributed by atoms with van der Waals surface area (Å²) >= 11 is 0. The molecule has 0 amide bonds. The Morgan fingerprint density at radius 1 is 1.05 bits per heavy atom. The summed E-state index contributed by atoms with van der Waals surface area (Å²) in [6.45, 7) is 2.36. The second-order valence-corrected chi connectivity index (χ2v) is 6.29. The van der Waals surface area contributed by atoms with Crippen molar-refractivity contribution in [3.05, 3.63) is 29.8 Å². The standard InChI is InChI=1S/C18H25NO2/c1-21-15-10-8-14(9-11-15)18(20)16-6-2-3-7-17(16)19-12-4-5-13-19/h8-11,16-17H,2-7,12-13H2,1H3/t16-,17+/m1/s1. The van der Waals surface area contributed by atoms with E-state index in [1.807, 2.05) is 24.3 Å². The fraction of sp³-hybridized carbons (Fsp3) is 0.611. The normalized spacial score (nSPS) is 26.7. The molecule has 2 fully saturated rings. The molecule has 114 valence electrons. The van der Waals surface area contributed by atoms with Crippen molar-refractivity contribution >= 4 is 5.78 Å². The number of hydrogen-bond acceptors (Lipinski definition) is 3. The van der Waals surface area contributed by atoms with E-state index in [4.69, 9.17) is 4.74 Å². The molecule has 1 aromatic carbocycles. The molecule has 21 heavy (non-hydrogen) atoms. The van der Waals surface area contributed by atoms with Gasteiger partial charge >= 0.3 is 0 Å². The minimum atomic E-state index is 0.185. The topological polar surface area (TPSA) is 29.5 Å². The quantitative estimate of drug-likeness (QED) is 0.793. The molecule has 2 aliphatic rings. The Hall–Kier alpha value is -1.35. The second kappa shape index (κ2) is 6.61. The van der Waals surface area contributed by atoms with Gasteiger partial charge in [-0.2, -0.15) is 0 Å². The molecule has 3 heteroatoms. The van der Waals surface area contributed by atoms with Crippen molar-refractivity contribution in [2.24, 2.45) is 5.92 Å². The summed E-state index contributed by atoms with van der Waals surface area (Å²) in [5, 5.41) is 0. The number of rotatable bonds is 4. The molecule has 1 aromatic rings. The zero-order valence-electron chi connectivity index (χ0n) is 12.9. The Kier molecular flexibility index (Phi) is 4.59. The number of ketones is 1. The van der Waals surface area contributed by atoms with Crippen LogP contribution >= 0.6 is 0 Å². The lowest BCUT2D eigenvalue weighted by atomic mass is 9.79. The molecule has 3 nitrogen and oxygen atoms in total. The van der Waals surface area contributed by atoms with E-state index >= 15 is 0 Å². The fourth-order valence-corrected chi connectivity index (χ4v) is 3.90. The minimum absolute atomic E-state index is 0.185. The van der Waals surface area contributed by atoms with Crippen LogP contribution in [0.4, 0.5) is 0 Å². The van der Waals surface area contributed by atoms with Gasteiger partial charge in [-0.3, -0.25) is 9.69 Å². The molecule has 0 bridgehead atoms. The summed E-state index contributed by atoms with van der Waals surface area (Å²) in [7, 11) is 1.65. The van der Waals surface area contributed by atoms with E-state index in [-0.39, 0.29) is 5.92 Å². The number of methoxy groups -OCH3 is 1. The van der Waals surface area contributed by atoms with E-state index in [9.17, 15) is 4.79 Å². The summed E-state index contributed by atoms with van der Waals surface area (Å²) in [4.78, 5) is 15.5. The third kappa shape index (κ3) is 3.13. The molecule has 0 radical (unpaired) electrons. The lowest BCUT2D eigenvalue weighted by Crippen LogP contribution is -2.44. The van der Waals surface area contributed by atoms with Crippen LogP contribution in [0.1, 0.15) is 48.9 Å². The second-order valence-electron chi connectivity index (χ2n) is 6.29. The molecule has 0 aromatic heterocycles. The van der Waals surface area contributed by atoms with Crippen LogP contribution in [0.2, 0.25) is 0 Å². The molecular formula is C18H25NO2. The van der Waals surface area contributed by atoms with Gasteiger partial charge in [0.05, 0.1) is 7.11 Å². The Balaban J connectivity index is 1.76. The Bertz CT molecular complexity index is 476. The zero-order chi connectivity index (χ0) is 14.7. The van der Waals surface area contributed by atoms with Gasteiger partial charge < -0.3 is 4.74 Å². The van der Waals surface area contributed by atoms with Gasteiger partial charge in [0.2, 0.25) is 0 Å². The van der Waals surface area contributed by atoms with Gasteiger partial charge in [-0.15, -0.1) is 0 Å². The fourth-order valence-electron chi connectivity index (χ4n) is 3.90. The summed E-state index contributed by atoms with van der Waals surface area (Å²) < 4.78 is 5.18. The average Bonchev–Trinajstić information content (AvgIpc) is 3.08. The first-order valence-electron chi connectivity index (χ1n) is 8.22. The van der Waals surface area contributed by atoms with Crippen molar-refractivity contribution in [3.63, 3.8) is 0 Å². The molecule has 1 saturated heterocycles. The monoisotopic (exact) mass is 287 g/mol. The Labute approximate surface area is 127 Å². The summed E-state index contributed by atoms with van der Waals surface area (Å²) in [5.41, 5.74) is 0.840. The first kappa shape index (κ1) is 14.6. The van der Waals surface area contributed by atoms with Gasteiger partial charge in [0.1, 0.15) is 5.75 Å². The highest BCUT2D eigenvalue weighted by Gasteiger charge is 2.35. The first-order valence-corrected chi connectivity index (χ1v) is 8.22. The maximum atomic E-state index is 12.9. The van der Waals surface area contributed by atoms with E-state index < -0.39 is 0 Å². The maximum absolute atomic E-state index is 12.9. The van der Waals surface area contributed by atoms with Gasteiger partial charge in [0.15, 0.2) is 5.78 Å². The highest BCUT2D eigenvalue weighted by Crippen LogP contribution is 2.33. The number of nitrogens with zero attached hydrogens (tertiary/aromatic N) is 1. The van der Waals surface area contributed by atoms with E-state index in [0.717, 1.165) is 17.7 Å². The van der Waals surface area contributed by atoms with Crippen molar-refractivity contribution in [1.29, 1.82) is 0 Å². The molecule has 0 unspecified atom stereocenters. The number of benzene rings is 1. The third-order valence-corrected chi connectivity index (χ3v) is 5.05.